The summed E-state index contributed by atoms with van der Waals surface area (Å²) in [5.74, 6) is 2.33. The van der Waals surface area contributed by atoms with Crippen molar-refractivity contribution < 1.29 is 4.79 Å². The summed E-state index contributed by atoms with van der Waals surface area (Å²) in [4.78, 5) is 17.9. The zero-order chi connectivity index (χ0) is 17.9. The summed E-state index contributed by atoms with van der Waals surface area (Å²) in [7, 11) is 1.80. The average Bonchev–Trinajstić information content (AvgIpc) is 3.03. The third kappa shape index (κ3) is 8.16. The molecule has 0 atom stereocenters. The van der Waals surface area contributed by atoms with Crippen molar-refractivity contribution in [3.63, 3.8) is 0 Å². The summed E-state index contributed by atoms with van der Waals surface area (Å²) in [5, 5.41) is 6.69. The molecule has 0 saturated carbocycles. The number of rotatable bonds is 9. The maximum Gasteiger partial charge on any atom is 0.222 e. The summed E-state index contributed by atoms with van der Waals surface area (Å²) in [6.07, 6.45) is 6.22. The highest BCUT2D eigenvalue weighted by atomic mass is 127. The van der Waals surface area contributed by atoms with E-state index in [0.29, 0.717) is 6.42 Å². The Morgan fingerprint density at radius 1 is 1.19 bits per heavy atom. The number of guanidine groups is 1. The number of benzene rings is 1. The van der Waals surface area contributed by atoms with Crippen molar-refractivity contribution in [1.29, 1.82) is 0 Å². The summed E-state index contributed by atoms with van der Waals surface area (Å²) in [5.41, 5.74) is 2.40. The second kappa shape index (κ2) is 13.2. The largest absolute Gasteiger partial charge is 0.356 e. The van der Waals surface area contributed by atoms with Gasteiger partial charge in [0, 0.05) is 39.6 Å². The van der Waals surface area contributed by atoms with E-state index in [1.165, 1.54) is 23.3 Å². The third-order valence-corrected chi connectivity index (χ3v) is 5.02. The van der Waals surface area contributed by atoms with E-state index >= 15 is 0 Å². The van der Waals surface area contributed by atoms with Gasteiger partial charge in [-0.05, 0) is 42.4 Å². The molecule has 7 heteroatoms. The van der Waals surface area contributed by atoms with Crippen LogP contribution in [0.15, 0.2) is 29.3 Å². The van der Waals surface area contributed by atoms with E-state index in [1.54, 1.807) is 7.05 Å². The first-order valence-corrected chi connectivity index (χ1v) is 10.4. The van der Waals surface area contributed by atoms with Gasteiger partial charge in [0.1, 0.15) is 0 Å². The molecule has 1 heterocycles. The first-order valence-electron chi connectivity index (χ1n) is 9.02. The van der Waals surface area contributed by atoms with Crippen LogP contribution in [0.2, 0.25) is 0 Å². The lowest BCUT2D eigenvalue weighted by Crippen LogP contribution is -2.37. The topological polar surface area (TPSA) is 56.7 Å². The Labute approximate surface area is 178 Å². The van der Waals surface area contributed by atoms with E-state index < -0.39 is 0 Å². The normalized spacial score (nSPS) is 14.3. The summed E-state index contributed by atoms with van der Waals surface area (Å²) in [6.45, 7) is 3.31. The van der Waals surface area contributed by atoms with Gasteiger partial charge in [-0.15, -0.1) is 24.0 Å². The fourth-order valence-corrected chi connectivity index (χ4v) is 3.33. The minimum atomic E-state index is 0. The van der Waals surface area contributed by atoms with Crippen LogP contribution in [0.5, 0.6) is 0 Å². The molecular formula is C19H31IN4OS. The molecule has 1 saturated heterocycles. The Balaban J connectivity index is 0.00000338. The molecule has 1 aromatic carbocycles. The molecule has 0 bridgehead atoms. The molecule has 0 spiro atoms. The Morgan fingerprint density at radius 2 is 1.92 bits per heavy atom. The van der Waals surface area contributed by atoms with Crippen LogP contribution in [0.1, 0.15) is 36.8 Å². The number of unbranched alkanes of at least 4 members (excludes halogenated alkanes) is 1. The smallest absolute Gasteiger partial charge is 0.222 e. The number of hydrogen-bond acceptors (Lipinski definition) is 3. The first-order chi connectivity index (χ1) is 12.2. The van der Waals surface area contributed by atoms with Crippen molar-refractivity contribution in [2.45, 2.75) is 38.8 Å². The van der Waals surface area contributed by atoms with Crippen LogP contribution in [0, 0.1) is 0 Å². The van der Waals surface area contributed by atoms with Crippen LogP contribution < -0.4 is 10.6 Å². The standard InChI is InChI=1S/C19H30N4OS.HI/c1-20-19(21-11-3-4-13-25-2)22-14-16-7-9-17(10-8-16)15-23-12-5-6-18(23)24;/h7-10H,3-6,11-15H2,1-2H3,(H2,20,21,22);1H. The maximum atomic E-state index is 11.7. The summed E-state index contributed by atoms with van der Waals surface area (Å²) >= 11 is 1.89. The average molecular weight is 490 g/mol. The number of aliphatic imine (C=N–C) groups is 1. The van der Waals surface area contributed by atoms with Crippen LogP contribution in [-0.2, 0) is 17.9 Å². The molecule has 1 fully saturated rings. The van der Waals surface area contributed by atoms with E-state index in [1.807, 2.05) is 16.7 Å². The lowest BCUT2D eigenvalue weighted by Gasteiger charge is -2.16. The monoisotopic (exact) mass is 490 g/mol. The van der Waals surface area contributed by atoms with Gasteiger partial charge in [0.2, 0.25) is 5.91 Å². The first kappa shape index (κ1) is 23.1. The van der Waals surface area contributed by atoms with Crippen LogP contribution >= 0.6 is 35.7 Å². The number of nitrogens with one attached hydrogen (secondary N) is 2. The molecule has 5 nitrogen and oxygen atoms in total. The van der Waals surface area contributed by atoms with Crippen LogP contribution in [0.3, 0.4) is 0 Å². The van der Waals surface area contributed by atoms with Crippen LogP contribution in [0.4, 0.5) is 0 Å². The van der Waals surface area contributed by atoms with Crippen molar-refractivity contribution >= 4 is 47.6 Å². The number of likely N-dealkylation sites (tertiary alicyclic amines) is 1. The second-order valence-electron chi connectivity index (χ2n) is 6.29. The number of hydrogen-bond donors (Lipinski definition) is 2. The van der Waals surface area contributed by atoms with Gasteiger partial charge in [-0.25, -0.2) is 0 Å². The number of thioether (sulfide) groups is 1. The molecule has 26 heavy (non-hydrogen) atoms. The number of amides is 1. The second-order valence-corrected chi connectivity index (χ2v) is 7.27. The fraction of sp³-hybridized carbons (Fsp3) is 0.579. The van der Waals surface area contributed by atoms with Gasteiger partial charge in [-0.3, -0.25) is 9.79 Å². The maximum absolute atomic E-state index is 11.7. The van der Waals surface area contributed by atoms with Crippen molar-refractivity contribution in [2.75, 3.05) is 32.1 Å². The molecule has 0 radical (unpaired) electrons. The van der Waals surface area contributed by atoms with Gasteiger partial charge < -0.3 is 15.5 Å². The van der Waals surface area contributed by atoms with E-state index in [9.17, 15) is 4.79 Å². The van der Waals surface area contributed by atoms with Gasteiger partial charge in [-0.1, -0.05) is 24.3 Å². The Kier molecular flexibility index (Phi) is 11.8. The van der Waals surface area contributed by atoms with E-state index in [0.717, 1.165) is 45.0 Å². The summed E-state index contributed by atoms with van der Waals surface area (Å²) in [6, 6.07) is 8.46. The van der Waals surface area contributed by atoms with E-state index in [-0.39, 0.29) is 29.9 Å². The molecule has 2 N–H and O–H groups in total. The molecule has 2 rings (SSSR count). The number of carbonyl (C=O) groups is 1. The van der Waals surface area contributed by atoms with Crippen molar-refractivity contribution in [3.05, 3.63) is 35.4 Å². The zero-order valence-corrected chi connectivity index (χ0v) is 18.9. The molecular weight excluding hydrogens is 459 g/mol. The van der Waals surface area contributed by atoms with E-state index in [4.69, 9.17) is 0 Å². The molecule has 1 amide bonds. The Morgan fingerprint density at radius 3 is 2.54 bits per heavy atom. The lowest BCUT2D eigenvalue weighted by molar-refractivity contribution is -0.128. The molecule has 0 aliphatic carbocycles. The third-order valence-electron chi connectivity index (χ3n) is 4.32. The predicted molar refractivity (Wildman–Crippen MR) is 122 cm³/mol. The fourth-order valence-electron chi connectivity index (χ4n) is 2.84. The minimum absolute atomic E-state index is 0. The van der Waals surface area contributed by atoms with Crippen molar-refractivity contribution in [3.8, 4) is 0 Å². The van der Waals surface area contributed by atoms with Gasteiger partial charge in [0.05, 0.1) is 0 Å². The molecule has 0 aromatic heterocycles. The SMILES string of the molecule is CN=C(NCCCCSC)NCc1ccc(CN2CCCC2=O)cc1.I. The molecule has 1 aromatic rings. The highest BCUT2D eigenvalue weighted by Crippen LogP contribution is 2.14. The number of nitrogens with zero attached hydrogens (tertiary/aromatic N) is 2. The van der Waals surface area contributed by atoms with Gasteiger partial charge >= 0.3 is 0 Å². The molecule has 146 valence electrons. The number of carbonyl (C=O) groups excluding carboxylic acids is 1. The van der Waals surface area contributed by atoms with Crippen molar-refractivity contribution in [1.82, 2.24) is 15.5 Å². The van der Waals surface area contributed by atoms with Gasteiger partial charge in [0.15, 0.2) is 5.96 Å². The highest BCUT2D eigenvalue weighted by Gasteiger charge is 2.19. The molecule has 0 unspecified atom stereocenters. The quantitative estimate of drug-likeness (QED) is 0.242. The molecule has 1 aliphatic rings. The Bertz CT molecular complexity index is 565. The Hall–Kier alpha value is -0.960. The molecule has 1 aliphatic heterocycles. The lowest BCUT2D eigenvalue weighted by atomic mass is 10.1. The van der Waals surface area contributed by atoms with Gasteiger partial charge in [-0.2, -0.15) is 11.8 Å². The predicted octanol–water partition coefficient (Wildman–Crippen LogP) is 3.24. The van der Waals surface area contributed by atoms with Crippen LogP contribution in [0.25, 0.3) is 0 Å². The van der Waals surface area contributed by atoms with E-state index in [2.05, 4.69) is 46.1 Å². The van der Waals surface area contributed by atoms with Gasteiger partial charge in [0.25, 0.3) is 0 Å². The van der Waals surface area contributed by atoms with Crippen molar-refractivity contribution in [2.24, 2.45) is 4.99 Å². The highest BCUT2D eigenvalue weighted by molar-refractivity contribution is 14.0. The summed E-state index contributed by atoms with van der Waals surface area (Å²) < 4.78 is 0. The zero-order valence-electron chi connectivity index (χ0n) is 15.8. The van der Waals surface area contributed by atoms with Crippen LogP contribution in [-0.4, -0.2) is 48.9 Å². The number of halogens is 1. The minimum Gasteiger partial charge on any atom is -0.356 e.